The zero-order valence-electron chi connectivity index (χ0n) is 19.8. The Balaban J connectivity index is 1.61. The van der Waals surface area contributed by atoms with E-state index in [0.29, 0.717) is 29.6 Å². The molecule has 178 valence electrons. The minimum Gasteiger partial charge on any atom is -0.491 e. The average molecular weight is 471 g/mol. The number of aryl methyl sites for hydroxylation is 2. The van der Waals surface area contributed by atoms with Crippen molar-refractivity contribution in [1.82, 2.24) is 29.8 Å². The maximum atomic E-state index is 9.98. The number of aliphatic hydroxyl groups excluding tert-OH is 1. The molecule has 4 aromatic heterocycles. The fourth-order valence-corrected chi connectivity index (χ4v) is 4.02. The molecule has 0 saturated carbocycles. The lowest BCUT2D eigenvalue weighted by Crippen LogP contribution is -2.29. The summed E-state index contributed by atoms with van der Waals surface area (Å²) < 4.78 is 13.2. The molecule has 0 aliphatic rings. The van der Waals surface area contributed by atoms with Crippen LogP contribution in [-0.4, -0.2) is 55.9 Å². The lowest BCUT2D eigenvalue weighted by atomic mass is 10.1. The van der Waals surface area contributed by atoms with Gasteiger partial charge in [0.15, 0.2) is 5.82 Å². The summed E-state index contributed by atoms with van der Waals surface area (Å²) in [5.41, 5.74) is 5.49. The summed E-state index contributed by atoms with van der Waals surface area (Å²) >= 11 is 0. The van der Waals surface area contributed by atoms with E-state index in [1.165, 1.54) is 0 Å². The number of aromatic nitrogens is 5. The van der Waals surface area contributed by atoms with E-state index in [9.17, 15) is 5.11 Å². The van der Waals surface area contributed by atoms with Crippen LogP contribution in [0.4, 0.5) is 0 Å². The lowest BCUT2D eigenvalue weighted by Gasteiger charge is -2.13. The van der Waals surface area contributed by atoms with E-state index in [-0.39, 0.29) is 6.61 Å². The molecule has 1 atom stereocenters. The van der Waals surface area contributed by atoms with E-state index in [1.54, 1.807) is 13.2 Å². The summed E-state index contributed by atoms with van der Waals surface area (Å²) in [4.78, 5) is 14.3. The van der Waals surface area contributed by atoms with Crippen LogP contribution in [0.5, 0.6) is 5.75 Å². The number of pyridine rings is 1. The van der Waals surface area contributed by atoms with Crippen molar-refractivity contribution in [3.63, 3.8) is 0 Å². The van der Waals surface area contributed by atoms with Crippen molar-refractivity contribution in [2.75, 3.05) is 20.2 Å². The third kappa shape index (κ3) is 4.64. The average Bonchev–Trinajstić information content (AvgIpc) is 3.45. The molecule has 0 saturated heterocycles. The first-order valence-electron chi connectivity index (χ1n) is 11.3. The smallest absolute Gasteiger partial charge is 0.160 e. The molecule has 0 fully saturated rings. The number of hydrogen-bond acceptors (Lipinski definition) is 8. The standard InChI is InChI=1S/C26H26N6O3/c1-16-25(17(2)35-31-16)22-12-21(23-14-28-24-9-4-5-10-32(23)24)29-26(30-22)18-7-6-8-20(11-18)34-15-19(33)13-27-3/h4-12,14,19,27,33H,13,15H2,1-3H3. The minimum absolute atomic E-state index is 0.178. The third-order valence-electron chi connectivity index (χ3n) is 5.67. The predicted molar refractivity (Wildman–Crippen MR) is 132 cm³/mol. The highest BCUT2D eigenvalue weighted by Gasteiger charge is 2.18. The number of imidazole rings is 1. The van der Waals surface area contributed by atoms with Crippen molar-refractivity contribution in [2.45, 2.75) is 20.0 Å². The minimum atomic E-state index is -0.607. The van der Waals surface area contributed by atoms with Crippen molar-refractivity contribution in [1.29, 1.82) is 0 Å². The molecule has 9 heteroatoms. The van der Waals surface area contributed by atoms with E-state index in [1.807, 2.05) is 73.0 Å². The molecule has 5 aromatic rings. The van der Waals surface area contributed by atoms with Crippen molar-refractivity contribution in [2.24, 2.45) is 0 Å². The molecular weight excluding hydrogens is 444 g/mol. The summed E-state index contributed by atoms with van der Waals surface area (Å²) in [5.74, 6) is 1.84. The van der Waals surface area contributed by atoms with Crippen LogP contribution < -0.4 is 10.1 Å². The molecule has 2 N–H and O–H groups in total. The topological polar surface area (TPSA) is 111 Å². The van der Waals surface area contributed by atoms with Crippen LogP contribution in [0.15, 0.2) is 65.4 Å². The number of hydrogen-bond donors (Lipinski definition) is 2. The first kappa shape index (κ1) is 22.7. The quantitative estimate of drug-likeness (QED) is 0.353. The molecule has 4 heterocycles. The Labute approximate surface area is 202 Å². The first-order valence-corrected chi connectivity index (χ1v) is 11.3. The predicted octanol–water partition coefficient (Wildman–Crippen LogP) is 3.69. The molecule has 0 radical (unpaired) electrons. The SMILES string of the molecule is CNCC(O)COc1cccc(-c2nc(-c3c(C)noc3C)cc(-c3cnc4ccccn34)n2)c1. The van der Waals surface area contributed by atoms with E-state index in [0.717, 1.165) is 33.9 Å². The zero-order chi connectivity index (χ0) is 24.4. The highest BCUT2D eigenvalue weighted by molar-refractivity contribution is 5.73. The number of ether oxygens (including phenoxy) is 1. The van der Waals surface area contributed by atoms with Gasteiger partial charge in [0, 0.05) is 18.3 Å². The Morgan fingerprint density at radius 3 is 2.74 bits per heavy atom. The van der Waals surface area contributed by atoms with Crippen LogP contribution in [0.2, 0.25) is 0 Å². The molecule has 0 aliphatic carbocycles. The number of fused-ring (bicyclic) bond motifs is 1. The number of aliphatic hydroxyl groups is 1. The fraction of sp³-hybridized carbons (Fsp3) is 0.231. The van der Waals surface area contributed by atoms with E-state index >= 15 is 0 Å². The van der Waals surface area contributed by atoms with E-state index in [4.69, 9.17) is 19.2 Å². The molecule has 1 aromatic carbocycles. The molecule has 35 heavy (non-hydrogen) atoms. The number of nitrogens with one attached hydrogen (secondary N) is 1. The summed E-state index contributed by atoms with van der Waals surface area (Å²) in [6.07, 6.45) is 3.16. The summed E-state index contributed by atoms with van der Waals surface area (Å²) in [5, 5.41) is 17.0. The van der Waals surface area contributed by atoms with Gasteiger partial charge in [-0.05, 0) is 51.2 Å². The van der Waals surface area contributed by atoms with Crippen LogP contribution in [0.1, 0.15) is 11.5 Å². The second-order valence-corrected chi connectivity index (χ2v) is 8.28. The fourth-order valence-electron chi connectivity index (χ4n) is 4.02. The van der Waals surface area contributed by atoms with Crippen molar-refractivity contribution in [3.8, 4) is 39.8 Å². The normalized spacial score (nSPS) is 12.2. The Hall–Kier alpha value is -4.08. The molecule has 5 rings (SSSR count). The van der Waals surface area contributed by atoms with Gasteiger partial charge < -0.3 is 19.7 Å². The van der Waals surface area contributed by atoms with Crippen molar-refractivity contribution in [3.05, 3.63) is 72.4 Å². The van der Waals surface area contributed by atoms with Crippen LogP contribution in [0.3, 0.4) is 0 Å². The molecule has 1 unspecified atom stereocenters. The largest absolute Gasteiger partial charge is 0.491 e. The van der Waals surface area contributed by atoms with E-state index in [2.05, 4.69) is 15.5 Å². The second kappa shape index (κ2) is 9.65. The van der Waals surface area contributed by atoms with Gasteiger partial charge in [0.2, 0.25) is 0 Å². The van der Waals surface area contributed by atoms with Crippen LogP contribution >= 0.6 is 0 Å². The van der Waals surface area contributed by atoms with Gasteiger partial charge >= 0.3 is 0 Å². The van der Waals surface area contributed by atoms with Gasteiger partial charge in [-0.25, -0.2) is 15.0 Å². The number of likely N-dealkylation sites (N-methyl/N-ethyl adjacent to an activating group) is 1. The molecular formula is C26H26N6O3. The maximum Gasteiger partial charge on any atom is 0.160 e. The highest BCUT2D eigenvalue weighted by Crippen LogP contribution is 2.32. The zero-order valence-corrected chi connectivity index (χ0v) is 19.8. The van der Waals surface area contributed by atoms with Gasteiger partial charge in [-0.2, -0.15) is 0 Å². The van der Waals surface area contributed by atoms with Crippen LogP contribution in [-0.2, 0) is 0 Å². The second-order valence-electron chi connectivity index (χ2n) is 8.28. The Kier molecular flexibility index (Phi) is 6.26. The van der Waals surface area contributed by atoms with Gasteiger partial charge in [-0.15, -0.1) is 0 Å². The summed E-state index contributed by atoms with van der Waals surface area (Å²) in [6, 6.07) is 15.3. The van der Waals surface area contributed by atoms with Crippen molar-refractivity contribution < 1.29 is 14.4 Å². The molecule has 0 aliphatic heterocycles. The van der Waals surface area contributed by atoms with Gasteiger partial charge in [0.25, 0.3) is 0 Å². The molecule has 0 spiro atoms. The Morgan fingerprint density at radius 1 is 1.09 bits per heavy atom. The third-order valence-corrected chi connectivity index (χ3v) is 5.67. The van der Waals surface area contributed by atoms with E-state index < -0.39 is 6.10 Å². The summed E-state index contributed by atoms with van der Waals surface area (Å²) in [7, 11) is 1.79. The Bertz CT molecular complexity index is 1460. The first-order chi connectivity index (χ1) is 17.0. The van der Waals surface area contributed by atoms with Crippen LogP contribution in [0.25, 0.3) is 39.7 Å². The number of nitrogens with zero attached hydrogens (tertiary/aromatic N) is 5. The molecule has 0 amide bonds. The Morgan fingerprint density at radius 2 is 1.94 bits per heavy atom. The molecule has 0 bridgehead atoms. The summed E-state index contributed by atoms with van der Waals surface area (Å²) in [6.45, 7) is 4.39. The van der Waals surface area contributed by atoms with Gasteiger partial charge in [0.1, 0.15) is 29.9 Å². The lowest BCUT2D eigenvalue weighted by molar-refractivity contribution is 0.108. The highest BCUT2D eigenvalue weighted by atomic mass is 16.5. The number of rotatable bonds is 8. The van der Waals surface area contributed by atoms with Crippen molar-refractivity contribution >= 4 is 5.65 Å². The van der Waals surface area contributed by atoms with Gasteiger partial charge in [-0.3, -0.25) is 4.40 Å². The molecule has 9 nitrogen and oxygen atoms in total. The van der Waals surface area contributed by atoms with Crippen LogP contribution in [0, 0.1) is 13.8 Å². The van der Waals surface area contributed by atoms with Gasteiger partial charge in [-0.1, -0.05) is 23.4 Å². The van der Waals surface area contributed by atoms with Gasteiger partial charge in [0.05, 0.1) is 34.5 Å². The maximum absolute atomic E-state index is 9.98. The monoisotopic (exact) mass is 470 g/mol. The number of benzene rings is 1.